The van der Waals surface area contributed by atoms with Gasteiger partial charge >= 0.3 is 0 Å². The van der Waals surface area contributed by atoms with Gasteiger partial charge in [-0.1, -0.05) is 34.1 Å². The lowest BCUT2D eigenvalue weighted by molar-refractivity contribution is 0.223. The molecule has 8 heteroatoms. The number of nitrogens with zero attached hydrogens (tertiary/aromatic N) is 5. The summed E-state index contributed by atoms with van der Waals surface area (Å²) in [7, 11) is 1.68. The zero-order chi connectivity index (χ0) is 28.5. The van der Waals surface area contributed by atoms with Crippen LogP contribution in [0.25, 0.3) is 11.0 Å². The van der Waals surface area contributed by atoms with Crippen molar-refractivity contribution in [3.8, 4) is 5.75 Å². The maximum absolute atomic E-state index is 9.12. The molecule has 1 aliphatic heterocycles. The van der Waals surface area contributed by atoms with E-state index in [0.29, 0.717) is 23.4 Å². The molecule has 2 aromatic heterocycles. The van der Waals surface area contributed by atoms with E-state index in [1.54, 1.807) is 7.11 Å². The molecule has 4 rings (SSSR count). The lowest BCUT2D eigenvalue weighted by atomic mass is 10.1. The second kappa shape index (κ2) is 14.5. The number of aromatic nitrogens is 3. The van der Waals surface area contributed by atoms with Crippen LogP contribution in [0.1, 0.15) is 71.9 Å². The van der Waals surface area contributed by atoms with Crippen LogP contribution >= 0.6 is 0 Å². The van der Waals surface area contributed by atoms with Gasteiger partial charge in [0.05, 0.1) is 18.8 Å². The summed E-state index contributed by atoms with van der Waals surface area (Å²) in [5.41, 5.74) is 3.55. The first-order valence-electron chi connectivity index (χ1n) is 15.2. The highest BCUT2D eigenvalue weighted by atomic mass is 16.5. The highest BCUT2D eigenvalue weighted by Crippen LogP contribution is 2.26. The van der Waals surface area contributed by atoms with Crippen LogP contribution in [-0.4, -0.2) is 70.0 Å². The van der Waals surface area contributed by atoms with Crippen molar-refractivity contribution >= 4 is 28.5 Å². The number of hydrogen-bond donors (Lipinski definition) is 2. The molecule has 0 aliphatic carbocycles. The third kappa shape index (κ3) is 8.19. The second-order valence-corrected chi connectivity index (χ2v) is 12.0. The fourth-order valence-electron chi connectivity index (χ4n) is 5.24. The van der Waals surface area contributed by atoms with Crippen LogP contribution in [0, 0.1) is 17.2 Å². The van der Waals surface area contributed by atoms with Gasteiger partial charge in [0.2, 0.25) is 5.95 Å². The molecule has 0 amide bonds. The molecule has 8 nitrogen and oxygen atoms in total. The second-order valence-electron chi connectivity index (χ2n) is 12.0. The molecule has 2 N–H and O–H groups in total. The van der Waals surface area contributed by atoms with Crippen molar-refractivity contribution in [1.29, 1.82) is 5.41 Å². The maximum atomic E-state index is 9.12. The number of likely N-dealkylation sites (tertiary alicyclic amines) is 1. The molecular weight excluding hydrogens is 498 g/mol. The van der Waals surface area contributed by atoms with E-state index in [0.717, 1.165) is 73.9 Å². The third-order valence-electron chi connectivity index (χ3n) is 7.80. The molecule has 0 bridgehead atoms. The quantitative estimate of drug-likeness (QED) is 0.171. The molecule has 0 unspecified atom stereocenters. The van der Waals surface area contributed by atoms with Gasteiger partial charge in [-0.05, 0) is 93.9 Å². The van der Waals surface area contributed by atoms with Crippen LogP contribution in [0.4, 0.5) is 11.6 Å². The Bertz CT molecular complexity index is 1200. The molecule has 1 saturated heterocycles. The highest BCUT2D eigenvalue weighted by Gasteiger charge is 2.19. The molecule has 0 saturated carbocycles. The summed E-state index contributed by atoms with van der Waals surface area (Å²) in [6.07, 6.45) is 8.97. The molecular formula is C32H49N7O. The first kappa shape index (κ1) is 29.8. The van der Waals surface area contributed by atoms with Gasteiger partial charge < -0.3 is 24.4 Å². The number of pyridine rings is 1. The van der Waals surface area contributed by atoms with Gasteiger partial charge in [-0.3, -0.25) is 10.4 Å². The lowest BCUT2D eigenvalue weighted by Crippen LogP contribution is -2.34. The average Bonchev–Trinajstić information content (AvgIpc) is 3.29. The molecule has 3 aromatic rings. The topological polar surface area (TPSA) is 82.3 Å². The fourth-order valence-corrected chi connectivity index (χ4v) is 5.24. The van der Waals surface area contributed by atoms with Gasteiger partial charge in [-0.25, -0.2) is 4.98 Å². The van der Waals surface area contributed by atoms with Crippen molar-refractivity contribution in [3.05, 3.63) is 42.2 Å². The average molecular weight is 548 g/mol. The number of benzene rings is 1. The first-order valence-corrected chi connectivity index (χ1v) is 15.2. The largest absolute Gasteiger partial charge is 0.497 e. The minimum Gasteiger partial charge on any atom is -0.497 e. The number of aryl methyl sites for hydroxylation is 1. The van der Waals surface area contributed by atoms with E-state index in [-0.39, 0.29) is 0 Å². The number of rotatable bonds is 14. The predicted molar refractivity (Wildman–Crippen MR) is 166 cm³/mol. The summed E-state index contributed by atoms with van der Waals surface area (Å²) in [5, 5.41) is 12.6. The van der Waals surface area contributed by atoms with Crippen LogP contribution in [0.5, 0.6) is 5.75 Å². The summed E-state index contributed by atoms with van der Waals surface area (Å²) >= 11 is 0. The van der Waals surface area contributed by atoms with E-state index in [2.05, 4.69) is 53.4 Å². The highest BCUT2D eigenvalue weighted by molar-refractivity contribution is 5.97. The van der Waals surface area contributed by atoms with Crippen molar-refractivity contribution in [2.24, 2.45) is 11.8 Å². The minimum absolute atomic E-state index is 0.508. The van der Waals surface area contributed by atoms with Crippen molar-refractivity contribution in [2.75, 3.05) is 45.2 Å². The smallest absolute Gasteiger partial charge is 0.208 e. The Morgan fingerprint density at radius 3 is 2.30 bits per heavy atom. The zero-order valence-electron chi connectivity index (χ0n) is 25.2. The number of piperidine rings is 1. The Balaban J connectivity index is 1.61. The van der Waals surface area contributed by atoms with Crippen LogP contribution in [0.15, 0.2) is 36.5 Å². The standard InChI is InChI=1S/C32H49N7O/c1-24(2)14-20-38(21-15-25(3)4)31(33)28-22-30-29(23-34-28)36-32(35-26-10-12-27(40-5)13-11-26)39(30)19-9-18-37-16-7-6-8-17-37/h10-13,22-25,33H,6-9,14-21H2,1-5H3,(H,35,36). The maximum Gasteiger partial charge on any atom is 0.208 e. The van der Waals surface area contributed by atoms with Crippen LogP contribution in [-0.2, 0) is 6.54 Å². The Morgan fingerprint density at radius 1 is 1.00 bits per heavy atom. The molecule has 40 heavy (non-hydrogen) atoms. The Labute approximate surface area is 240 Å². The van der Waals surface area contributed by atoms with Gasteiger partial charge in [0.1, 0.15) is 22.8 Å². The van der Waals surface area contributed by atoms with E-state index in [1.807, 2.05) is 30.5 Å². The van der Waals surface area contributed by atoms with Gasteiger partial charge in [0, 0.05) is 25.3 Å². The molecule has 0 radical (unpaired) electrons. The lowest BCUT2D eigenvalue weighted by Gasteiger charge is -2.27. The molecule has 0 spiro atoms. The van der Waals surface area contributed by atoms with Crippen LogP contribution in [0.2, 0.25) is 0 Å². The molecule has 1 aromatic carbocycles. The van der Waals surface area contributed by atoms with Crippen LogP contribution in [0.3, 0.4) is 0 Å². The summed E-state index contributed by atoms with van der Waals surface area (Å²) in [4.78, 5) is 14.5. The molecule has 0 atom stereocenters. The van der Waals surface area contributed by atoms with Gasteiger partial charge in [0.25, 0.3) is 0 Å². The third-order valence-corrected chi connectivity index (χ3v) is 7.80. The first-order chi connectivity index (χ1) is 19.3. The van der Waals surface area contributed by atoms with Gasteiger partial charge in [0.15, 0.2) is 0 Å². The summed E-state index contributed by atoms with van der Waals surface area (Å²) < 4.78 is 7.60. The van der Waals surface area contributed by atoms with Crippen molar-refractivity contribution in [1.82, 2.24) is 24.3 Å². The van der Waals surface area contributed by atoms with Crippen LogP contribution < -0.4 is 10.1 Å². The van der Waals surface area contributed by atoms with Gasteiger partial charge in [-0.2, -0.15) is 0 Å². The Hall–Kier alpha value is -3.13. The Kier molecular flexibility index (Phi) is 10.8. The zero-order valence-corrected chi connectivity index (χ0v) is 25.2. The number of fused-ring (bicyclic) bond motifs is 1. The van der Waals surface area contributed by atoms with E-state index in [4.69, 9.17) is 20.1 Å². The van der Waals surface area contributed by atoms with Gasteiger partial charge in [-0.15, -0.1) is 0 Å². The molecule has 218 valence electrons. The SMILES string of the molecule is COc1ccc(Nc2nc3cnc(C(=N)N(CCC(C)C)CCC(C)C)cc3n2CCCN2CCCCC2)cc1. The molecule has 1 aliphatic rings. The normalized spacial score (nSPS) is 14.3. The number of methoxy groups -OCH3 is 1. The number of hydrogen-bond acceptors (Lipinski definition) is 6. The monoisotopic (exact) mass is 547 g/mol. The van der Waals surface area contributed by atoms with E-state index >= 15 is 0 Å². The summed E-state index contributed by atoms with van der Waals surface area (Å²) in [6, 6.07) is 10.0. The number of ether oxygens (including phenoxy) is 1. The van der Waals surface area contributed by atoms with Crippen molar-refractivity contribution < 1.29 is 4.74 Å². The number of imidazole rings is 1. The number of nitrogens with one attached hydrogen (secondary N) is 2. The number of anilines is 2. The van der Waals surface area contributed by atoms with E-state index < -0.39 is 0 Å². The minimum atomic E-state index is 0.508. The van der Waals surface area contributed by atoms with E-state index in [9.17, 15) is 0 Å². The van der Waals surface area contributed by atoms with Crippen molar-refractivity contribution in [2.45, 2.75) is 72.8 Å². The molecule has 3 heterocycles. The van der Waals surface area contributed by atoms with Crippen molar-refractivity contribution in [3.63, 3.8) is 0 Å². The summed E-state index contributed by atoms with van der Waals surface area (Å²) in [6.45, 7) is 15.1. The Morgan fingerprint density at radius 2 is 1.68 bits per heavy atom. The summed E-state index contributed by atoms with van der Waals surface area (Å²) in [5.74, 6) is 3.33. The predicted octanol–water partition coefficient (Wildman–Crippen LogP) is 6.78. The number of amidine groups is 1. The molecule has 1 fully saturated rings. The van der Waals surface area contributed by atoms with E-state index in [1.165, 1.54) is 32.4 Å². The fraction of sp³-hybridized carbons (Fsp3) is 0.594.